The molecule has 4 heterocycles. The maximum absolute atomic E-state index is 14.0. The van der Waals surface area contributed by atoms with E-state index in [1.54, 1.807) is 34.8 Å². The number of ether oxygens (including phenoxy) is 6. The lowest BCUT2D eigenvalue weighted by molar-refractivity contribution is -0.339. The molecule has 328 valence electrons. The van der Waals surface area contributed by atoms with Gasteiger partial charge in [0.15, 0.2) is 12.6 Å². The zero-order valence-corrected chi connectivity index (χ0v) is 36.3. The third-order valence-corrected chi connectivity index (χ3v) is 13.4. The molecule has 17 atom stereocenters. The number of carbonyl (C=O) groups is 1. The highest BCUT2D eigenvalue weighted by Gasteiger charge is 2.59. The minimum Gasteiger partial charge on any atom is -0.462 e. The maximum Gasteiger partial charge on any atom is 0.311 e. The summed E-state index contributed by atoms with van der Waals surface area (Å²) in [5, 5.41) is 62.2. The van der Waals surface area contributed by atoms with Crippen LogP contribution in [0.25, 0.3) is 0 Å². The van der Waals surface area contributed by atoms with E-state index in [1.807, 2.05) is 46.7 Å². The molecular weight excluding hydrogens is 726 g/mol. The molecule has 4 saturated heterocycles. The summed E-state index contributed by atoms with van der Waals surface area (Å²) in [6.07, 6.45) is -3.31. The number of esters is 1. The Labute approximate surface area is 335 Å². The topological polar surface area (TPSA) is 192 Å². The van der Waals surface area contributed by atoms with Crippen molar-refractivity contribution < 1.29 is 58.7 Å². The van der Waals surface area contributed by atoms with E-state index in [9.17, 15) is 30.3 Å². The molecule has 0 bridgehead atoms. The van der Waals surface area contributed by atoms with Crippen molar-refractivity contribution >= 4 is 5.97 Å². The largest absolute Gasteiger partial charge is 0.462 e. The van der Waals surface area contributed by atoms with Crippen LogP contribution in [0.3, 0.4) is 0 Å². The number of likely N-dealkylation sites (N-methyl/N-ethyl adjacent to an activating group) is 1. The third-order valence-electron chi connectivity index (χ3n) is 13.4. The zero-order chi connectivity index (χ0) is 42.0. The van der Waals surface area contributed by atoms with Gasteiger partial charge in [0.25, 0.3) is 0 Å². The molecule has 0 saturated carbocycles. The molecule has 6 N–H and O–H groups in total. The Hall–Kier alpha value is -1.05. The van der Waals surface area contributed by atoms with Gasteiger partial charge in [-0.05, 0) is 107 Å². The van der Waals surface area contributed by atoms with Gasteiger partial charge in [-0.2, -0.15) is 0 Å². The summed E-state index contributed by atoms with van der Waals surface area (Å²) in [6.45, 7) is 17.8. The fourth-order valence-corrected chi connectivity index (χ4v) is 9.58. The second-order valence-corrected chi connectivity index (χ2v) is 18.7. The molecule has 0 aliphatic carbocycles. The van der Waals surface area contributed by atoms with Crippen molar-refractivity contribution in [3.05, 3.63) is 0 Å². The van der Waals surface area contributed by atoms with E-state index in [-0.39, 0.29) is 31.0 Å². The lowest BCUT2D eigenvalue weighted by Gasteiger charge is -2.55. The second kappa shape index (κ2) is 19.1. The lowest BCUT2D eigenvalue weighted by Crippen LogP contribution is -2.70. The van der Waals surface area contributed by atoms with Gasteiger partial charge in [0.2, 0.25) is 0 Å². The number of nitrogens with one attached hydrogen (secondary N) is 1. The number of rotatable bonds is 8. The van der Waals surface area contributed by atoms with Crippen molar-refractivity contribution in [3.63, 3.8) is 0 Å². The number of aliphatic hydroxyl groups excluding tert-OH is 2. The van der Waals surface area contributed by atoms with Crippen molar-refractivity contribution in [2.24, 2.45) is 17.8 Å². The highest BCUT2D eigenvalue weighted by Crippen LogP contribution is 2.43. The van der Waals surface area contributed by atoms with Gasteiger partial charge in [-0.25, -0.2) is 0 Å². The highest BCUT2D eigenvalue weighted by atomic mass is 16.7. The van der Waals surface area contributed by atoms with Gasteiger partial charge >= 0.3 is 5.97 Å². The van der Waals surface area contributed by atoms with Crippen LogP contribution < -0.4 is 5.32 Å². The minimum atomic E-state index is -1.76. The number of aliphatic hydroxyl groups is 5. The molecule has 56 heavy (non-hydrogen) atoms. The summed E-state index contributed by atoms with van der Waals surface area (Å²) in [7, 11) is 5.34. The summed E-state index contributed by atoms with van der Waals surface area (Å²) in [6, 6.07) is -0.572. The van der Waals surface area contributed by atoms with E-state index in [4.69, 9.17) is 28.4 Å². The first-order valence-electron chi connectivity index (χ1n) is 20.9. The van der Waals surface area contributed by atoms with Crippen LogP contribution in [-0.4, -0.2) is 179 Å². The lowest BCUT2D eigenvalue weighted by atomic mass is 9.74. The molecule has 0 unspecified atom stereocenters. The summed E-state index contributed by atoms with van der Waals surface area (Å²) >= 11 is 0. The van der Waals surface area contributed by atoms with Crippen LogP contribution in [0.5, 0.6) is 0 Å². The van der Waals surface area contributed by atoms with Crippen molar-refractivity contribution in [1.82, 2.24) is 15.1 Å². The van der Waals surface area contributed by atoms with E-state index in [0.29, 0.717) is 19.5 Å². The molecule has 0 aromatic rings. The molecule has 4 aliphatic rings. The molecule has 0 radical (unpaired) electrons. The van der Waals surface area contributed by atoms with Gasteiger partial charge in [-0.1, -0.05) is 20.3 Å². The fraction of sp³-hybridized carbons (Fsp3) is 0.976. The molecule has 15 heteroatoms. The number of cyclic esters (lactones) is 1. The highest BCUT2D eigenvalue weighted by molar-refractivity contribution is 5.72. The van der Waals surface area contributed by atoms with Crippen molar-refractivity contribution in [2.45, 2.75) is 185 Å². The van der Waals surface area contributed by atoms with Crippen molar-refractivity contribution in [1.29, 1.82) is 0 Å². The average Bonchev–Trinajstić information content (AvgIpc) is 3.13. The second-order valence-electron chi connectivity index (χ2n) is 18.7. The SMILES string of the molecule is CO[C@]1(C)C[C@H](O[C@@H]2[C@@H](C)[C@@H](O[C@@H]3O[C@H](C)C[C@H](N(C)C)[C@H]3O)[C@](C)(O)C[C@@H](C)NC[C@@H](C)[C@H](O)[C@](C)(O)COC(=O)[C@@H]2C)O[C@@H](C)[C@@]1(O)CN1CCCCC1. The number of carbonyl (C=O) groups excluding carboxylic acids is 1. The Balaban J connectivity index is 1.74. The Morgan fingerprint density at radius 3 is 2.16 bits per heavy atom. The van der Waals surface area contributed by atoms with Crippen molar-refractivity contribution in [3.8, 4) is 0 Å². The number of β-amino-alcohol motifs (C(OH)–C–C–N with tert-alkyl or cyclic N) is 1. The van der Waals surface area contributed by atoms with E-state index >= 15 is 0 Å². The number of nitrogens with zero attached hydrogens (tertiary/aromatic N) is 2. The molecule has 15 nitrogen and oxygen atoms in total. The van der Waals surface area contributed by atoms with Crippen LogP contribution in [0.15, 0.2) is 0 Å². The van der Waals surface area contributed by atoms with E-state index in [0.717, 1.165) is 32.4 Å². The Morgan fingerprint density at radius 1 is 0.911 bits per heavy atom. The monoisotopic (exact) mass is 804 g/mol. The Kier molecular flexibility index (Phi) is 16.3. The van der Waals surface area contributed by atoms with E-state index < -0.39 is 95.8 Å². The summed E-state index contributed by atoms with van der Waals surface area (Å²) in [5.41, 5.74) is -5.83. The van der Waals surface area contributed by atoms with Crippen molar-refractivity contribution in [2.75, 3.05) is 54.0 Å². The zero-order valence-electron chi connectivity index (χ0n) is 36.3. The van der Waals surface area contributed by atoms with Crippen LogP contribution in [0.1, 0.15) is 101 Å². The van der Waals surface area contributed by atoms with E-state index in [1.165, 1.54) is 6.92 Å². The van der Waals surface area contributed by atoms with Crippen LogP contribution in [0.2, 0.25) is 0 Å². The number of methoxy groups -OCH3 is 1. The number of hydrogen-bond donors (Lipinski definition) is 6. The quantitative estimate of drug-likeness (QED) is 0.194. The van der Waals surface area contributed by atoms with Gasteiger partial charge in [0.05, 0.1) is 42.0 Å². The Morgan fingerprint density at radius 2 is 1.55 bits per heavy atom. The van der Waals surface area contributed by atoms with Crippen LogP contribution in [0.4, 0.5) is 0 Å². The van der Waals surface area contributed by atoms with Crippen LogP contribution >= 0.6 is 0 Å². The third kappa shape index (κ3) is 10.8. The standard InChI is InChI=1S/C41H77N3O12/c1-24-21-42-25(2)19-38(7,48)35(56-37-32(45)30(43(10)11)18-26(3)53-37)27(4)33(28(5)36(47)52-23-39(8,49)34(24)46)55-31-20-40(9,51-12)41(50,29(6)54-31)22-44-16-14-13-15-17-44/h24-35,37,42,45-46,48-50H,13-23H2,1-12H3/t24-,25-,26-,27-,28-,29+,30+,31+,32-,33-,34+,35-,37+,38-,39-,40-,41+/m1/s1. The Bertz CT molecular complexity index is 1250. The molecule has 4 rings (SSSR count). The molecule has 0 aromatic carbocycles. The predicted octanol–water partition coefficient (Wildman–Crippen LogP) is 1.64. The minimum absolute atomic E-state index is 0.122. The van der Waals surface area contributed by atoms with Crippen LogP contribution in [-0.2, 0) is 33.2 Å². The number of likely N-dealkylation sites (tertiary alicyclic amines) is 1. The van der Waals surface area contributed by atoms with Gasteiger partial charge < -0.3 is 69.1 Å². The molecule has 4 fully saturated rings. The van der Waals surface area contributed by atoms with Gasteiger partial charge in [0, 0.05) is 44.6 Å². The first-order chi connectivity index (χ1) is 26.0. The van der Waals surface area contributed by atoms with Crippen LogP contribution in [0, 0.1) is 17.8 Å². The molecule has 0 spiro atoms. The predicted molar refractivity (Wildman–Crippen MR) is 210 cm³/mol. The van der Waals surface area contributed by atoms with E-state index in [2.05, 4.69) is 10.2 Å². The molecule has 4 aliphatic heterocycles. The summed E-state index contributed by atoms with van der Waals surface area (Å²) in [4.78, 5) is 18.2. The first kappa shape index (κ1) is 47.6. The normalized spacial score (nSPS) is 48.5. The fourth-order valence-electron chi connectivity index (χ4n) is 9.58. The first-order valence-corrected chi connectivity index (χ1v) is 20.9. The number of piperidine rings is 1. The van der Waals surface area contributed by atoms with Gasteiger partial charge in [0.1, 0.15) is 29.5 Å². The molecule has 0 aromatic heterocycles. The smallest absolute Gasteiger partial charge is 0.311 e. The number of hydrogen-bond acceptors (Lipinski definition) is 15. The average molecular weight is 804 g/mol. The van der Waals surface area contributed by atoms with Gasteiger partial charge in [-0.3, -0.25) is 4.79 Å². The molecular formula is C41H77N3O12. The summed E-state index contributed by atoms with van der Waals surface area (Å²) in [5.74, 6) is -2.91. The summed E-state index contributed by atoms with van der Waals surface area (Å²) < 4.78 is 38.1. The van der Waals surface area contributed by atoms with Gasteiger partial charge in [-0.15, -0.1) is 0 Å². The molecule has 0 amide bonds. The maximum atomic E-state index is 14.0.